The van der Waals surface area contributed by atoms with Crippen LogP contribution in [0.15, 0.2) is 88.9 Å². The normalized spacial score (nSPS) is 18.3. The summed E-state index contributed by atoms with van der Waals surface area (Å²) < 4.78 is 31.6. The van der Waals surface area contributed by atoms with Crippen molar-refractivity contribution < 1.29 is 17.9 Å². The van der Waals surface area contributed by atoms with Crippen molar-refractivity contribution in [1.29, 1.82) is 5.26 Å². The molecule has 10 heteroatoms. The third-order valence-corrected chi connectivity index (χ3v) is 11.1. The highest BCUT2D eigenvalue weighted by Gasteiger charge is 2.45. The Balaban J connectivity index is 1.18. The molecule has 2 atom stereocenters. The Morgan fingerprint density at radius 3 is 2.29 bits per heavy atom. The fourth-order valence-electron chi connectivity index (χ4n) is 6.91. The van der Waals surface area contributed by atoms with Crippen molar-refractivity contribution in [3.63, 3.8) is 0 Å². The van der Waals surface area contributed by atoms with E-state index in [0.29, 0.717) is 18.8 Å². The molecule has 0 bridgehead atoms. The zero-order valence-corrected chi connectivity index (χ0v) is 27.0. The maximum Gasteiger partial charge on any atom is 0.407 e. The van der Waals surface area contributed by atoms with E-state index in [1.165, 1.54) is 24.5 Å². The van der Waals surface area contributed by atoms with Crippen molar-refractivity contribution in [2.45, 2.75) is 60.3 Å². The van der Waals surface area contributed by atoms with E-state index >= 15 is 0 Å². The summed E-state index contributed by atoms with van der Waals surface area (Å²) in [6.07, 6.45) is 6.06. The number of ether oxygens (including phenoxy) is 1. The monoisotopic (exact) mass is 629 g/mol. The number of anilines is 1. The molecule has 0 radical (unpaired) electrons. The van der Waals surface area contributed by atoms with E-state index in [1.54, 1.807) is 19.2 Å². The second kappa shape index (κ2) is 14.4. The first-order chi connectivity index (χ1) is 21.8. The standard InChI is InChI=1S/C35H43N5O4S/c1-3-7-31(44-34(41)37-2)22-35(26-36,28-8-5-4-6-9-28)29-16-20-39(21-17-29)23-27-24-40(25-27)30-10-12-32(13-11-30)45(42,43)33-14-18-38-19-15-33/h4-6,8-15,18-19,27,29,31H,3,7,16-17,20-25H2,1-2H3,(H,37,41)/t31-,35?/m1/s1. The van der Waals surface area contributed by atoms with Crippen LogP contribution in [0.25, 0.3) is 0 Å². The number of rotatable bonds is 12. The molecule has 2 aliphatic heterocycles. The molecular formula is C35H43N5O4S. The maximum absolute atomic E-state index is 12.9. The molecular weight excluding hydrogens is 586 g/mol. The van der Waals surface area contributed by atoms with Gasteiger partial charge in [-0.1, -0.05) is 43.7 Å². The number of nitrogens with one attached hydrogen (secondary N) is 1. The minimum atomic E-state index is -3.56. The number of benzene rings is 2. The molecule has 1 aromatic heterocycles. The lowest BCUT2D eigenvalue weighted by molar-refractivity contribution is 0.0578. The van der Waals surface area contributed by atoms with Crippen LogP contribution < -0.4 is 10.2 Å². The summed E-state index contributed by atoms with van der Waals surface area (Å²) in [6.45, 7) is 6.78. The molecule has 5 rings (SSSR count). The molecule has 2 aromatic carbocycles. The van der Waals surface area contributed by atoms with E-state index in [-0.39, 0.29) is 21.8 Å². The first-order valence-electron chi connectivity index (χ1n) is 15.9. The first kappa shape index (κ1) is 32.5. The van der Waals surface area contributed by atoms with Crippen LogP contribution in [-0.4, -0.2) is 70.3 Å². The lowest BCUT2D eigenvalue weighted by atomic mass is 9.64. The van der Waals surface area contributed by atoms with E-state index in [0.717, 1.165) is 63.2 Å². The zero-order valence-electron chi connectivity index (χ0n) is 26.1. The van der Waals surface area contributed by atoms with E-state index < -0.39 is 21.3 Å². The molecule has 2 aliphatic rings. The van der Waals surface area contributed by atoms with Crippen molar-refractivity contribution in [3.8, 4) is 6.07 Å². The number of hydrogen-bond acceptors (Lipinski definition) is 8. The van der Waals surface area contributed by atoms with Gasteiger partial charge in [-0.2, -0.15) is 5.26 Å². The third kappa shape index (κ3) is 7.32. The SMILES string of the molecule is CCC[C@H](CC(C#N)(c1ccccc1)C1CCN(CC2CN(c3ccc(S(=O)(=O)c4ccncc4)cc3)C2)CC1)OC(=O)NC. The number of alkyl carbamates (subject to hydrolysis) is 1. The summed E-state index contributed by atoms with van der Waals surface area (Å²) in [4.78, 5) is 21.4. The van der Waals surface area contributed by atoms with E-state index in [9.17, 15) is 18.5 Å². The van der Waals surface area contributed by atoms with Gasteiger partial charge >= 0.3 is 6.09 Å². The Labute approximate surface area is 267 Å². The third-order valence-electron chi connectivity index (χ3n) is 9.36. The van der Waals surface area contributed by atoms with Gasteiger partial charge in [0.2, 0.25) is 9.84 Å². The van der Waals surface area contributed by atoms with Crippen molar-refractivity contribution in [2.75, 3.05) is 44.7 Å². The van der Waals surface area contributed by atoms with Gasteiger partial charge in [-0.25, -0.2) is 13.2 Å². The second-order valence-corrected chi connectivity index (χ2v) is 14.2. The molecule has 9 nitrogen and oxygen atoms in total. The fraction of sp³-hybridized carbons (Fsp3) is 0.457. The topological polar surface area (TPSA) is 116 Å². The number of nitriles is 1. The van der Waals surface area contributed by atoms with Crippen molar-refractivity contribution in [1.82, 2.24) is 15.2 Å². The highest BCUT2D eigenvalue weighted by atomic mass is 32.2. The van der Waals surface area contributed by atoms with Gasteiger partial charge in [0.05, 0.1) is 21.3 Å². The molecule has 2 saturated heterocycles. The van der Waals surface area contributed by atoms with Crippen molar-refractivity contribution >= 4 is 21.6 Å². The molecule has 1 N–H and O–H groups in total. The van der Waals surface area contributed by atoms with Gasteiger partial charge < -0.3 is 19.9 Å². The van der Waals surface area contributed by atoms with Crippen LogP contribution in [0.4, 0.5) is 10.5 Å². The number of aromatic nitrogens is 1. The van der Waals surface area contributed by atoms with E-state index in [2.05, 4.69) is 33.1 Å². The van der Waals surface area contributed by atoms with Gasteiger partial charge in [0.25, 0.3) is 0 Å². The molecule has 0 spiro atoms. The highest BCUT2D eigenvalue weighted by Crippen LogP contribution is 2.43. The van der Waals surface area contributed by atoms with Crippen molar-refractivity contribution in [2.24, 2.45) is 11.8 Å². The second-order valence-electron chi connectivity index (χ2n) is 12.2. The number of likely N-dealkylation sites (tertiary alicyclic amines) is 1. The van der Waals surface area contributed by atoms with Crippen LogP contribution in [-0.2, 0) is 20.0 Å². The summed E-state index contributed by atoms with van der Waals surface area (Å²) in [7, 11) is -2.00. The summed E-state index contributed by atoms with van der Waals surface area (Å²) in [6, 6.07) is 22.9. The molecule has 3 heterocycles. The predicted molar refractivity (Wildman–Crippen MR) is 174 cm³/mol. The van der Waals surface area contributed by atoms with Crippen molar-refractivity contribution in [3.05, 3.63) is 84.7 Å². The smallest absolute Gasteiger partial charge is 0.407 e. The Kier molecular flexibility index (Phi) is 10.4. The van der Waals surface area contributed by atoms with Crippen LogP contribution in [0.1, 0.15) is 44.6 Å². The molecule has 1 amide bonds. The molecule has 0 saturated carbocycles. The molecule has 0 aliphatic carbocycles. The van der Waals surface area contributed by atoms with Gasteiger partial charge in [-0.05, 0) is 80.2 Å². The maximum atomic E-state index is 12.9. The number of piperidine rings is 1. The zero-order chi connectivity index (χ0) is 31.9. The number of hydrogen-bond donors (Lipinski definition) is 1. The molecule has 45 heavy (non-hydrogen) atoms. The first-order valence-corrected chi connectivity index (χ1v) is 17.3. The molecule has 1 unspecified atom stereocenters. The Bertz CT molecular complexity index is 1550. The molecule has 3 aromatic rings. The van der Waals surface area contributed by atoms with Gasteiger partial charge in [0.15, 0.2) is 0 Å². The van der Waals surface area contributed by atoms with Gasteiger partial charge in [-0.3, -0.25) is 4.98 Å². The lowest BCUT2D eigenvalue weighted by Crippen LogP contribution is -2.53. The fourth-order valence-corrected chi connectivity index (χ4v) is 8.16. The number of carbonyl (C=O) groups excluding carboxylic acids is 1. The number of amides is 1. The predicted octanol–water partition coefficient (Wildman–Crippen LogP) is 5.44. The van der Waals surface area contributed by atoms with Crippen LogP contribution in [0.5, 0.6) is 0 Å². The largest absolute Gasteiger partial charge is 0.446 e. The Hall–Kier alpha value is -3.94. The average molecular weight is 630 g/mol. The van der Waals surface area contributed by atoms with E-state index in [1.807, 2.05) is 42.5 Å². The summed E-state index contributed by atoms with van der Waals surface area (Å²) in [5.41, 5.74) is 1.30. The Morgan fingerprint density at radius 2 is 1.69 bits per heavy atom. The minimum absolute atomic E-state index is 0.161. The Morgan fingerprint density at radius 1 is 1.04 bits per heavy atom. The lowest BCUT2D eigenvalue weighted by Gasteiger charge is -2.46. The number of pyridine rings is 1. The summed E-state index contributed by atoms with van der Waals surface area (Å²) in [5, 5.41) is 13.3. The van der Waals surface area contributed by atoms with Crippen LogP contribution >= 0.6 is 0 Å². The summed E-state index contributed by atoms with van der Waals surface area (Å²) >= 11 is 0. The van der Waals surface area contributed by atoms with Gasteiger partial charge in [-0.15, -0.1) is 0 Å². The van der Waals surface area contributed by atoms with Crippen LogP contribution in [0.2, 0.25) is 0 Å². The van der Waals surface area contributed by atoms with Crippen LogP contribution in [0.3, 0.4) is 0 Å². The summed E-state index contributed by atoms with van der Waals surface area (Å²) in [5.74, 6) is 0.695. The number of nitrogens with zero attached hydrogens (tertiary/aromatic N) is 4. The number of carbonyl (C=O) groups is 1. The van der Waals surface area contributed by atoms with E-state index in [4.69, 9.17) is 4.74 Å². The molecule has 238 valence electrons. The number of sulfone groups is 1. The highest BCUT2D eigenvalue weighted by molar-refractivity contribution is 7.91. The quantitative estimate of drug-likeness (QED) is 0.282. The van der Waals surface area contributed by atoms with Crippen LogP contribution in [0, 0.1) is 23.2 Å². The van der Waals surface area contributed by atoms with Gasteiger partial charge in [0.1, 0.15) is 6.10 Å². The van der Waals surface area contributed by atoms with Gasteiger partial charge in [0, 0.05) is 57.1 Å². The minimum Gasteiger partial charge on any atom is -0.446 e. The molecule has 2 fully saturated rings. The average Bonchev–Trinajstić information content (AvgIpc) is 3.06.